The summed E-state index contributed by atoms with van der Waals surface area (Å²) in [7, 11) is 0. The summed E-state index contributed by atoms with van der Waals surface area (Å²) in [5.74, 6) is -0.347. The third-order valence-corrected chi connectivity index (χ3v) is 5.65. The minimum atomic E-state index is -0.174. The van der Waals surface area contributed by atoms with E-state index in [1.54, 1.807) is 12.2 Å². The lowest BCUT2D eigenvalue weighted by atomic mass is 9.78. The summed E-state index contributed by atoms with van der Waals surface area (Å²) in [4.78, 5) is 26.8. The van der Waals surface area contributed by atoms with Crippen molar-refractivity contribution in [3.8, 4) is 0 Å². The second-order valence-electron chi connectivity index (χ2n) is 5.60. The van der Waals surface area contributed by atoms with Crippen LogP contribution in [0.15, 0.2) is 86.1 Å². The Labute approximate surface area is 150 Å². The molecule has 3 rings (SSSR count). The molecule has 3 heteroatoms. The molecule has 122 valence electrons. The molecule has 0 bridgehead atoms. The van der Waals surface area contributed by atoms with Crippen LogP contribution in [0.25, 0.3) is 11.1 Å². The summed E-state index contributed by atoms with van der Waals surface area (Å²) < 4.78 is 0. The molecule has 1 heterocycles. The maximum atomic E-state index is 12.9. The van der Waals surface area contributed by atoms with Gasteiger partial charge in [0.2, 0.25) is 11.6 Å². The fourth-order valence-corrected chi connectivity index (χ4v) is 4.55. The van der Waals surface area contributed by atoms with Crippen molar-refractivity contribution < 1.29 is 9.59 Å². The van der Waals surface area contributed by atoms with Gasteiger partial charge in [0.05, 0.1) is 9.75 Å². The van der Waals surface area contributed by atoms with Crippen LogP contribution in [-0.4, -0.2) is 11.6 Å². The van der Waals surface area contributed by atoms with E-state index in [1.807, 2.05) is 0 Å². The van der Waals surface area contributed by atoms with E-state index in [0.29, 0.717) is 54.3 Å². The summed E-state index contributed by atoms with van der Waals surface area (Å²) in [5, 5.41) is 0. The molecule has 1 aromatic heterocycles. The second kappa shape index (κ2) is 5.80. The lowest BCUT2D eigenvalue weighted by molar-refractivity contribution is 0.103. The quantitative estimate of drug-likeness (QED) is 0.722. The van der Waals surface area contributed by atoms with Crippen LogP contribution in [0.3, 0.4) is 0 Å². The highest BCUT2D eigenvalue weighted by Gasteiger charge is 2.37. The number of allylic oxidation sites excluding steroid dienone is 10. The first-order valence-corrected chi connectivity index (χ1v) is 8.38. The maximum absolute atomic E-state index is 12.9. The Morgan fingerprint density at radius 3 is 1.20 bits per heavy atom. The van der Waals surface area contributed by atoms with Crippen molar-refractivity contribution in [2.45, 2.75) is 0 Å². The monoisotopic (exact) mass is 344 g/mol. The first-order valence-electron chi connectivity index (χ1n) is 7.56. The molecule has 2 aliphatic rings. The number of rotatable bonds is 4. The van der Waals surface area contributed by atoms with Crippen LogP contribution in [0, 0.1) is 0 Å². The Bertz CT molecular complexity index is 938. The highest BCUT2D eigenvalue weighted by Crippen LogP contribution is 2.49. The van der Waals surface area contributed by atoms with E-state index in [9.17, 15) is 9.59 Å². The zero-order valence-corrected chi connectivity index (χ0v) is 14.6. The van der Waals surface area contributed by atoms with Gasteiger partial charge in [0.1, 0.15) is 0 Å². The SMILES string of the molecule is C=CC1=C(C=C)C(=O)c2sc3c(c2C1=C)C(=C)C(C=C)=C(C=C)C3=O. The van der Waals surface area contributed by atoms with Gasteiger partial charge < -0.3 is 0 Å². The molecule has 0 atom stereocenters. The minimum absolute atomic E-state index is 0.174. The van der Waals surface area contributed by atoms with Crippen molar-refractivity contribution in [2.75, 3.05) is 0 Å². The predicted octanol–water partition coefficient (Wildman–Crippen LogP) is 5.50. The molecule has 0 unspecified atom stereocenters. The molecule has 0 aromatic carbocycles. The van der Waals surface area contributed by atoms with Gasteiger partial charge in [0.25, 0.3) is 0 Å². The van der Waals surface area contributed by atoms with Crippen molar-refractivity contribution in [1.29, 1.82) is 0 Å². The lowest BCUT2D eigenvalue weighted by Crippen LogP contribution is -2.14. The Balaban J connectivity index is 2.38. The van der Waals surface area contributed by atoms with Gasteiger partial charge in [-0.25, -0.2) is 0 Å². The van der Waals surface area contributed by atoms with Gasteiger partial charge in [0.15, 0.2) is 0 Å². The maximum Gasteiger partial charge on any atom is 0.204 e. The number of ketones is 2. The Hall–Kier alpha value is -3.04. The van der Waals surface area contributed by atoms with Gasteiger partial charge in [-0.15, -0.1) is 11.3 Å². The van der Waals surface area contributed by atoms with Gasteiger partial charge in [-0.3, -0.25) is 9.59 Å². The molecule has 2 aliphatic carbocycles. The number of thiophene rings is 1. The molecule has 0 radical (unpaired) electrons. The van der Waals surface area contributed by atoms with Crippen molar-refractivity contribution in [2.24, 2.45) is 0 Å². The van der Waals surface area contributed by atoms with Crippen LogP contribution in [0.5, 0.6) is 0 Å². The predicted molar refractivity (Wildman–Crippen MR) is 106 cm³/mol. The zero-order valence-electron chi connectivity index (χ0n) is 13.8. The molecule has 0 saturated carbocycles. The largest absolute Gasteiger partial charge is 0.288 e. The average Bonchev–Trinajstić information content (AvgIpc) is 3.02. The van der Waals surface area contributed by atoms with Crippen LogP contribution in [0.1, 0.15) is 30.5 Å². The number of fused-ring (bicyclic) bond motifs is 3. The molecule has 2 nitrogen and oxygen atoms in total. The lowest BCUT2D eigenvalue weighted by Gasteiger charge is -2.22. The standard InChI is InChI=1S/C22H16O2S/c1-7-13-11(5)17-18-12(6)14(8-2)16(10-4)20(24)22(18)25-21(17)19(23)15(13)9-3/h7-10H,1-6H2. The Morgan fingerprint density at radius 1 is 0.600 bits per heavy atom. The van der Waals surface area contributed by atoms with E-state index < -0.39 is 0 Å². The van der Waals surface area contributed by atoms with Gasteiger partial charge in [-0.1, -0.05) is 63.8 Å². The fourth-order valence-electron chi connectivity index (χ4n) is 3.28. The van der Waals surface area contributed by atoms with E-state index in [0.717, 1.165) is 0 Å². The van der Waals surface area contributed by atoms with Gasteiger partial charge in [0, 0.05) is 22.3 Å². The summed E-state index contributed by atoms with van der Waals surface area (Å²) in [5.41, 5.74) is 4.78. The van der Waals surface area contributed by atoms with Crippen molar-refractivity contribution in [3.05, 3.63) is 107 Å². The molecular weight excluding hydrogens is 328 g/mol. The van der Waals surface area contributed by atoms with E-state index in [-0.39, 0.29) is 11.6 Å². The summed E-state index contributed by atoms with van der Waals surface area (Å²) in [6, 6.07) is 0. The number of hydrogen-bond donors (Lipinski definition) is 0. The molecule has 1 aromatic rings. The highest BCUT2D eigenvalue weighted by atomic mass is 32.1. The van der Waals surface area contributed by atoms with E-state index >= 15 is 0 Å². The minimum Gasteiger partial charge on any atom is -0.288 e. The van der Waals surface area contributed by atoms with Crippen molar-refractivity contribution in [1.82, 2.24) is 0 Å². The van der Waals surface area contributed by atoms with Gasteiger partial charge >= 0.3 is 0 Å². The fraction of sp³-hybridized carbons (Fsp3) is 0. The average molecular weight is 344 g/mol. The molecule has 0 aliphatic heterocycles. The molecule has 0 N–H and O–H groups in total. The summed E-state index contributed by atoms with van der Waals surface area (Å²) in [6.07, 6.45) is 6.20. The number of hydrogen-bond acceptors (Lipinski definition) is 3. The Kier molecular flexibility index (Phi) is 3.90. The topological polar surface area (TPSA) is 34.1 Å². The van der Waals surface area contributed by atoms with Crippen LogP contribution >= 0.6 is 11.3 Å². The smallest absolute Gasteiger partial charge is 0.204 e. The van der Waals surface area contributed by atoms with Crippen LogP contribution < -0.4 is 0 Å². The van der Waals surface area contributed by atoms with Crippen LogP contribution in [0.2, 0.25) is 0 Å². The third-order valence-electron chi connectivity index (χ3n) is 4.46. The number of carbonyl (C=O) groups excluding carboxylic acids is 2. The molecule has 0 saturated heterocycles. The number of carbonyl (C=O) groups is 2. The molecule has 0 spiro atoms. The highest BCUT2D eigenvalue weighted by molar-refractivity contribution is 7.17. The van der Waals surface area contributed by atoms with Crippen molar-refractivity contribution >= 4 is 34.0 Å². The Morgan fingerprint density at radius 2 is 0.920 bits per heavy atom. The van der Waals surface area contributed by atoms with Crippen molar-refractivity contribution in [3.63, 3.8) is 0 Å². The molecule has 0 amide bonds. The molecule has 0 fully saturated rings. The van der Waals surface area contributed by atoms with Gasteiger partial charge in [-0.2, -0.15) is 0 Å². The first-order chi connectivity index (χ1) is 11.9. The normalized spacial score (nSPS) is 16.6. The number of Topliss-reactive ketones (excluding diaryl/α,β-unsaturated/α-hetero) is 2. The summed E-state index contributed by atoms with van der Waals surface area (Å²) in [6.45, 7) is 23.3. The van der Waals surface area contributed by atoms with E-state index in [1.165, 1.54) is 23.5 Å². The summed E-state index contributed by atoms with van der Waals surface area (Å²) >= 11 is 1.17. The molecular formula is C22H16O2S. The zero-order chi connectivity index (χ0) is 18.5. The third kappa shape index (κ3) is 2.03. The van der Waals surface area contributed by atoms with E-state index in [4.69, 9.17) is 0 Å². The van der Waals surface area contributed by atoms with Crippen LogP contribution in [-0.2, 0) is 0 Å². The second-order valence-corrected chi connectivity index (χ2v) is 6.62. The van der Waals surface area contributed by atoms with E-state index in [2.05, 4.69) is 39.5 Å². The van der Waals surface area contributed by atoms with Crippen LogP contribution in [0.4, 0.5) is 0 Å². The molecule has 25 heavy (non-hydrogen) atoms. The van der Waals surface area contributed by atoms with Gasteiger partial charge in [-0.05, 0) is 22.3 Å². The first kappa shape index (κ1) is 16.8.